The van der Waals surface area contributed by atoms with Gasteiger partial charge in [-0.05, 0) is 96.8 Å². The third kappa shape index (κ3) is 5.60. The highest BCUT2D eigenvalue weighted by Gasteiger charge is 2.31. The zero-order chi connectivity index (χ0) is 21.0. The Labute approximate surface area is 217 Å². The molecule has 1 fully saturated rings. The van der Waals surface area contributed by atoms with Gasteiger partial charge >= 0.3 is 5.97 Å². The van der Waals surface area contributed by atoms with Crippen LogP contribution in [0.1, 0.15) is 40.5 Å². The Bertz CT molecular complexity index is 767. The predicted molar refractivity (Wildman–Crippen MR) is 138 cm³/mol. The first kappa shape index (κ1) is 24.8. The SMILES string of the molecule is CCCC(NC(=O)c1c(I)c(I)c(C(=O)N2CCOCC2)c(I)c1I)C(=O)O. The van der Waals surface area contributed by atoms with Crippen LogP contribution in [0.25, 0.3) is 0 Å². The third-order valence-corrected chi connectivity index (χ3v) is 10.6. The zero-order valence-corrected chi connectivity index (χ0v) is 23.5. The Morgan fingerprint density at radius 1 is 1.04 bits per heavy atom. The van der Waals surface area contributed by atoms with Crippen LogP contribution in [-0.4, -0.2) is 60.1 Å². The van der Waals surface area contributed by atoms with Gasteiger partial charge in [0.05, 0.1) is 24.3 Å². The summed E-state index contributed by atoms with van der Waals surface area (Å²) in [6, 6.07) is -0.936. The van der Waals surface area contributed by atoms with Gasteiger partial charge in [-0.1, -0.05) is 13.3 Å². The standard InChI is InChI=1S/C17H18I4N2O5/c1-2-3-8(17(26)27)22-15(24)9-11(18)13(20)10(14(21)12(9)19)16(25)23-4-6-28-7-5-23/h8H,2-7H2,1H3,(H,22,24)(H,26,27). The summed E-state index contributed by atoms with van der Waals surface area (Å²) in [4.78, 5) is 39.1. The molecule has 2 rings (SSSR count). The molecule has 1 heterocycles. The average molecular weight is 838 g/mol. The summed E-state index contributed by atoms with van der Waals surface area (Å²) in [7, 11) is 0. The number of benzene rings is 1. The summed E-state index contributed by atoms with van der Waals surface area (Å²) >= 11 is 8.30. The minimum Gasteiger partial charge on any atom is -0.480 e. The monoisotopic (exact) mass is 838 g/mol. The normalized spacial score (nSPS) is 15.2. The molecule has 1 aromatic rings. The van der Waals surface area contributed by atoms with Crippen molar-refractivity contribution in [1.29, 1.82) is 0 Å². The second-order valence-electron chi connectivity index (χ2n) is 6.06. The van der Waals surface area contributed by atoms with Crippen LogP contribution in [0.4, 0.5) is 0 Å². The van der Waals surface area contributed by atoms with Gasteiger partial charge in [-0.15, -0.1) is 0 Å². The fraction of sp³-hybridized carbons (Fsp3) is 0.471. The number of rotatable bonds is 6. The maximum Gasteiger partial charge on any atom is 0.326 e. The highest BCUT2D eigenvalue weighted by molar-refractivity contribution is 14.1. The van der Waals surface area contributed by atoms with Gasteiger partial charge in [0.2, 0.25) is 0 Å². The number of carboxylic acid groups (broad SMARTS) is 1. The smallest absolute Gasteiger partial charge is 0.326 e. The van der Waals surface area contributed by atoms with Crippen molar-refractivity contribution < 1.29 is 24.2 Å². The summed E-state index contributed by atoms with van der Waals surface area (Å²) < 4.78 is 8.02. The van der Waals surface area contributed by atoms with E-state index in [2.05, 4.69) is 95.7 Å². The molecule has 7 nitrogen and oxygen atoms in total. The highest BCUT2D eigenvalue weighted by atomic mass is 127. The number of morpholine rings is 1. The van der Waals surface area contributed by atoms with Gasteiger partial charge in [-0.3, -0.25) is 9.59 Å². The van der Waals surface area contributed by atoms with Crippen molar-refractivity contribution in [3.63, 3.8) is 0 Å². The van der Waals surface area contributed by atoms with Crippen LogP contribution in [-0.2, 0) is 9.53 Å². The largest absolute Gasteiger partial charge is 0.480 e. The molecule has 1 aliphatic rings. The molecule has 1 saturated heterocycles. The number of carbonyl (C=O) groups is 3. The Morgan fingerprint density at radius 3 is 2.00 bits per heavy atom. The average Bonchev–Trinajstić information content (AvgIpc) is 2.67. The van der Waals surface area contributed by atoms with E-state index in [1.807, 2.05) is 6.92 Å². The summed E-state index contributed by atoms with van der Waals surface area (Å²) in [6.07, 6.45) is 1.00. The second kappa shape index (κ2) is 11.2. The second-order valence-corrected chi connectivity index (χ2v) is 10.4. The number of carbonyl (C=O) groups excluding carboxylic acids is 2. The van der Waals surface area contributed by atoms with Crippen molar-refractivity contribution in [2.45, 2.75) is 25.8 Å². The third-order valence-electron chi connectivity index (χ3n) is 4.18. The molecule has 28 heavy (non-hydrogen) atoms. The van der Waals surface area contributed by atoms with Gasteiger partial charge < -0.3 is 20.1 Å². The van der Waals surface area contributed by atoms with Crippen LogP contribution in [0, 0.1) is 14.3 Å². The molecular weight excluding hydrogens is 820 g/mol. The Balaban J connectivity index is 2.41. The van der Waals surface area contributed by atoms with Crippen molar-refractivity contribution in [2.75, 3.05) is 26.3 Å². The molecule has 0 radical (unpaired) electrons. The van der Waals surface area contributed by atoms with Crippen LogP contribution < -0.4 is 5.32 Å². The predicted octanol–water partition coefficient (Wildman–Crippen LogP) is 3.56. The number of aliphatic carboxylic acids is 1. The van der Waals surface area contributed by atoms with Crippen molar-refractivity contribution >= 4 is 108 Å². The first-order valence-corrected chi connectivity index (χ1v) is 12.8. The molecule has 11 heteroatoms. The van der Waals surface area contributed by atoms with E-state index >= 15 is 0 Å². The van der Waals surface area contributed by atoms with E-state index in [0.717, 1.165) is 0 Å². The number of ether oxygens (including phenoxy) is 1. The summed E-state index contributed by atoms with van der Waals surface area (Å²) in [5.74, 6) is -1.56. The number of hydrogen-bond acceptors (Lipinski definition) is 4. The molecular formula is C17H18I4N2O5. The summed E-state index contributed by atoms with van der Waals surface area (Å²) in [5, 5.41) is 11.9. The fourth-order valence-corrected chi connectivity index (χ4v) is 6.86. The van der Waals surface area contributed by atoms with E-state index in [1.54, 1.807) is 4.90 Å². The van der Waals surface area contributed by atoms with Crippen LogP contribution in [0.15, 0.2) is 0 Å². The van der Waals surface area contributed by atoms with E-state index in [1.165, 1.54) is 0 Å². The number of carboxylic acids is 1. The lowest BCUT2D eigenvalue weighted by molar-refractivity contribution is -0.139. The molecule has 0 aliphatic carbocycles. The minimum atomic E-state index is -1.05. The van der Waals surface area contributed by atoms with Crippen molar-refractivity contribution in [2.24, 2.45) is 0 Å². The number of nitrogens with one attached hydrogen (secondary N) is 1. The molecule has 0 spiro atoms. The number of amides is 2. The lowest BCUT2D eigenvalue weighted by Gasteiger charge is -2.28. The van der Waals surface area contributed by atoms with E-state index in [4.69, 9.17) is 4.74 Å². The van der Waals surface area contributed by atoms with Crippen LogP contribution in [0.2, 0.25) is 0 Å². The van der Waals surface area contributed by atoms with Gasteiger partial charge in [0, 0.05) is 27.4 Å². The number of nitrogens with zero attached hydrogens (tertiary/aromatic N) is 1. The van der Waals surface area contributed by atoms with Crippen molar-refractivity contribution in [3.05, 3.63) is 25.4 Å². The van der Waals surface area contributed by atoms with E-state index in [0.29, 0.717) is 64.6 Å². The molecule has 0 bridgehead atoms. The maximum atomic E-state index is 13.1. The van der Waals surface area contributed by atoms with E-state index in [9.17, 15) is 19.5 Å². The zero-order valence-electron chi connectivity index (χ0n) is 14.9. The van der Waals surface area contributed by atoms with Crippen molar-refractivity contribution in [1.82, 2.24) is 10.2 Å². The lowest BCUT2D eigenvalue weighted by Crippen LogP contribution is -2.42. The van der Waals surface area contributed by atoms with Crippen LogP contribution in [0.3, 0.4) is 0 Å². The van der Waals surface area contributed by atoms with Gasteiger partial charge in [0.1, 0.15) is 6.04 Å². The fourth-order valence-electron chi connectivity index (χ4n) is 2.72. The van der Waals surface area contributed by atoms with Crippen molar-refractivity contribution in [3.8, 4) is 0 Å². The number of halogens is 4. The molecule has 154 valence electrons. The Hall–Kier alpha value is 0.510. The Kier molecular flexibility index (Phi) is 9.93. The van der Waals surface area contributed by atoms with E-state index in [-0.39, 0.29) is 5.91 Å². The van der Waals surface area contributed by atoms with Gasteiger partial charge in [0.15, 0.2) is 0 Å². The molecule has 1 unspecified atom stereocenters. The number of hydrogen-bond donors (Lipinski definition) is 2. The first-order valence-electron chi connectivity index (χ1n) is 8.47. The molecule has 2 N–H and O–H groups in total. The molecule has 2 amide bonds. The summed E-state index contributed by atoms with van der Waals surface area (Å²) in [6.45, 7) is 3.98. The van der Waals surface area contributed by atoms with Gasteiger partial charge in [-0.25, -0.2) is 4.79 Å². The first-order chi connectivity index (χ1) is 13.2. The molecule has 0 aromatic heterocycles. The quantitative estimate of drug-likeness (QED) is 0.338. The van der Waals surface area contributed by atoms with Crippen LogP contribution in [0.5, 0.6) is 0 Å². The lowest BCUT2D eigenvalue weighted by atomic mass is 10.1. The molecule has 0 saturated carbocycles. The molecule has 1 aliphatic heterocycles. The molecule has 1 aromatic carbocycles. The minimum absolute atomic E-state index is 0.0747. The van der Waals surface area contributed by atoms with Crippen LogP contribution >= 0.6 is 90.4 Å². The molecule has 1 atom stereocenters. The maximum absolute atomic E-state index is 13.1. The van der Waals surface area contributed by atoms with Gasteiger partial charge in [-0.2, -0.15) is 0 Å². The summed E-state index contributed by atoms with van der Waals surface area (Å²) in [5.41, 5.74) is 0.993. The van der Waals surface area contributed by atoms with Gasteiger partial charge in [0.25, 0.3) is 11.8 Å². The Morgan fingerprint density at radius 2 is 1.54 bits per heavy atom. The highest BCUT2D eigenvalue weighted by Crippen LogP contribution is 2.34. The topological polar surface area (TPSA) is 95.9 Å². The van der Waals surface area contributed by atoms with E-state index < -0.39 is 17.9 Å².